The summed E-state index contributed by atoms with van der Waals surface area (Å²) in [4.78, 5) is 12.0. The Bertz CT molecular complexity index is 466. The maximum absolute atomic E-state index is 4.19. The highest BCUT2D eigenvalue weighted by Crippen LogP contribution is 2.01. The van der Waals surface area contributed by atoms with Crippen LogP contribution in [0.3, 0.4) is 0 Å². The van der Waals surface area contributed by atoms with Gasteiger partial charge in [0.1, 0.15) is 0 Å². The van der Waals surface area contributed by atoms with E-state index in [1.165, 1.54) is 0 Å². The van der Waals surface area contributed by atoms with Crippen LogP contribution < -0.4 is 5.43 Å². The molecular formula is C11H11N5. The van der Waals surface area contributed by atoms with Crippen molar-refractivity contribution in [2.24, 2.45) is 5.10 Å². The second-order valence-electron chi connectivity index (χ2n) is 3.14. The highest BCUT2D eigenvalue weighted by atomic mass is 15.3. The first-order valence-corrected chi connectivity index (χ1v) is 4.83. The summed E-state index contributed by atoms with van der Waals surface area (Å²) in [6.45, 7) is 1.90. The Morgan fingerprint density at radius 2 is 2.06 bits per heavy atom. The number of hydrazone groups is 1. The number of hydrogen-bond donors (Lipinski definition) is 1. The highest BCUT2D eigenvalue weighted by molar-refractivity contribution is 5.98. The quantitative estimate of drug-likeness (QED) is 0.622. The molecule has 0 saturated heterocycles. The molecule has 0 radical (unpaired) electrons. The number of anilines is 1. The Labute approximate surface area is 93.3 Å². The average molecular weight is 213 g/mol. The SMILES string of the molecule is CC(=NNc1cnccn1)c1cccnc1. The van der Waals surface area contributed by atoms with E-state index in [2.05, 4.69) is 25.5 Å². The molecule has 2 aromatic heterocycles. The van der Waals surface area contributed by atoms with Crippen molar-refractivity contribution < 1.29 is 0 Å². The van der Waals surface area contributed by atoms with Gasteiger partial charge in [0, 0.05) is 30.4 Å². The van der Waals surface area contributed by atoms with Crippen molar-refractivity contribution in [3.63, 3.8) is 0 Å². The molecular weight excluding hydrogens is 202 g/mol. The van der Waals surface area contributed by atoms with Crippen molar-refractivity contribution >= 4 is 11.5 Å². The molecule has 2 aromatic rings. The van der Waals surface area contributed by atoms with Gasteiger partial charge >= 0.3 is 0 Å². The minimum atomic E-state index is 0.616. The summed E-state index contributed by atoms with van der Waals surface area (Å²) in [6.07, 6.45) is 8.32. The van der Waals surface area contributed by atoms with Gasteiger partial charge in [0.15, 0.2) is 5.82 Å². The molecule has 0 atom stereocenters. The molecule has 1 N–H and O–H groups in total. The van der Waals surface area contributed by atoms with E-state index in [0.717, 1.165) is 11.3 Å². The van der Waals surface area contributed by atoms with E-state index < -0.39 is 0 Å². The van der Waals surface area contributed by atoms with Gasteiger partial charge in [0.05, 0.1) is 11.9 Å². The molecule has 0 aromatic carbocycles. The van der Waals surface area contributed by atoms with Gasteiger partial charge in [0.2, 0.25) is 0 Å². The Hall–Kier alpha value is -2.30. The summed E-state index contributed by atoms with van der Waals surface area (Å²) >= 11 is 0. The second kappa shape index (κ2) is 4.97. The number of rotatable bonds is 3. The van der Waals surface area contributed by atoms with E-state index in [1.807, 2.05) is 19.1 Å². The van der Waals surface area contributed by atoms with Crippen molar-refractivity contribution in [3.8, 4) is 0 Å². The molecule has 0 aliphatic heterocycles. The maximum atomic E-state index is 4.19. The van der Waals surface area contributed by atoms with Crippen LogP contribution in [0.4, 0.5) is 5.82 Å². The second-order valence-corrected chi connectivity index (χ2v) is 3.14. The van der Waals surface area contributed by atoms with E-state index in [4.69, 9.17) is 0 Å². The number of hydrogen-bond acceptors (Lipinski definition) is 5. The van der Waals surface area contributed by atoms with Crippen molar-refractivity contribution in [1.82, 2.24) is 15.0 Å². The van der Waals surface area contributed by atoms with Gasteiger partial charge in [-0.15, -0.1) is 0 Å². The largest absolute Gasteiger partial charge is 0.264 e. The Morgan fingerprint density at radius 1 is 1.19 bits per heavy atom. The van der Waals surface area contributed by atoms with Crippen LogP contribution in [0.15, 0.2) is 48.2 Å². The number of nitrogens with one attached hydrogen (secondary N) is 1. The van der Waals surface area contributed by atoms with Gasteiger partial charge in [-0.1, -0.05) is 6.07 Å². The smallest absolute Gasteiger partial charge is 0.164 e. The lowest BCUT2D eigenvalue weighted by molar-refractivity contribution is 1.15. The van der Waals surface area contributed by atoms with Crippen LogP contribution in [0.1, 0.15) is 12.5 Å². The predicted octanol–water partition coefficient (Wildman–Crippen LogP) is 1.71. The number of aromatic nitrogens is 3. The van der Waals surface area contributed by atoms with E-state index >= 15 is 0 Å². The van der Waals surface area contributed by atoms with Gasteiger partial charge in [-0.25, -0.2) is 4.98 Å². The van der Waals surface area contributed by atoms with Gasteiger partial charge in [-0.2, -0.15) is 5.10 Å². The van der Waals surface area contributed by atoms with Crippen LogP contribution in [0.5, 0.6) is 0 Å². The first kappa shape index (κ1) is 10.2. The summed E-state index contributed by atoms with van der Waals surface area (Å²) in [5.74, 6) is 0.616. The van der Waals surface area contributed by atoms with Crippen molar-refractivity contribution in [1.29, 1.82) is 0 Å². The third-order valence-corrected chi connectivity index (χ3v) is 1.98. The van der Waals surface area contributed by atoms with Gasteiger partial charge in [-0.05, 0) is 13.0 Å². The molecule has 16 heavy (non-hydrogen) atoms. The van der Waals surface area contributed by atoms with Crippen LogP contribution in [-0.4, -0.2) is 20.7 Å². The number of pyridine rings is 1. The van der Waals surface area contributed by atoms with Gasteiger partial charge < -0.3 is 0 Å². The van der Waals surface area contributed by atoms with Crippen LogP contribution in [0.2, 0.25) is 0 Å². The zero-order valence-electron chi connectivity index (χ0n) is 8.83. The first-order valence-electron chi connectivity index (χ1n) is 4.83. The Kier molecular flexibility index (Phi) is 3.18. The van der Waals surface area contributed by atoms with E-state index in [1.54, 1.807) is 31.0 Å². The van der Waals surface area contributed by atoms with Crippen LogP contribution >= 0.6 is 0 Å². The fourth-order valence-corrected chi connectivity index (χ4v) is 1.14. The first-order chi connectivity index (χ1) is 7.86. The molecule has 0 aliphatic rings. The van der Waals surface area contributed by atoms with E-state index in [0.29, 0.717) is 5.82 Å². The summed E-state index contributed by atoms with van der Waals surface area (Å²) < 4.78 is 0. The van der Waals surface area contributed by atoms with Gasteiger partial charge in [-0.3, -0.25) is 15.4 Å². The van der Waals surface area contributed by atoms with Gasteiger partial charge in [0.25, 0.3) is 0 Å². The minimum absolute atomic E-state index is 0.616. The molecule has 5 nitrogen and oxygen atoms in total. The third-order valence-electron chi connectivity index (χ3n) is 1.98. The molecule has 0 amide bonds. The fourth-order valence-electron chi connectivity index (χ4n) is 1.14. The average Bonchev–Trinajstić information content (AvgIpc) is 2.38. The lowest BCUT2D eigenvalue weighted by Gasteiger charge is -2.01. The third kappa shape index (κ3) is 2.60. The van der Waals surface area contributed by atoms with Crippen LogP contribution in [0, 0.1) is 0 Å². The standard InChI is InChI=1S/C11H11N5/c1-9(10-3-2-4-12-7-10)15-16-11-8-13-5-6-14-11/h2-8H,1H3,(H,14,16). The van der Waals surface area contributed by atoms with E-state index in [9.17, 15) is 0 Å². The summed E-state index contributed by atoms with van der Waals surface area (Å²) in [5.41, 5.74) is 4.65. The van der Waals surface area contributed by atoms with Crippen molar-refractivity contribution in [2.45, 2.75) is 6.92 Å². The monoisotopic (exact) mass is 213 g/mol. The van der Waals surface area contributed by atoms with Crippen molar-refractivity contribution in [3.05, 3.63) is 48.7 Å². The summed E-state index contributed by atoms with van der Waals surface area (Å²) in [7, 11) is 0. The molecule has 0 saturated carbocycles. The van der Waals surface area contributed by atoms with E-state index in [-0.39, 0.29) is 0 Å². The predicted molar refractivity (Wildman–Crippen MR) is 62.1 cm³/mol. The van der Waals surface area contributed by atoms with Crippen LogP contribution in [-0.2, 0) is 0 Å². The normalized spacial score (nSPS) is 11.2. The Morgan fingerprint density at radius 3 is 2.75 bits per heavy atom. The fraction of sp³-hybridized carbons (Fsp3) is 0.0909. The molecule has 80 valence electrons. The zero-order chi connectivity index (χ0) is 11.2. The summed E-state index contributed by atoms with van der Waals surface area (Å²) in [5, 5.41) is 4.19. The summed E-state index contributed by atoms with van der Waals surface area (Å²) in [6, 6.07) is 3.82. The topological polar surface area (TPSA) is 63.1 Å². The Balaban J connectivity index is 2.09. The number of nitrogens with zero attached hydrogens (tertiary/aromatic N) is 4. The zero-order valence-corrected chi connectivity index (χ0v) is 8.83. The molecule has 0 unspecified atom stereocenters. The lowest BCUT2D eigenvalue weighted by Crippen LogP contribution is -2.01. The van der Waals surface area contributed by atoms with Crippen molar-refractivity contribution in [2.75, 3.05) is 5.43 Å². The molecule has 0 spiro atoms. The minimum Gasteiger partial charge on any atom is -0.264 e. The molecule has 0 fully saturated rings. The maximum Gasteiger partial charge on any atom is 0.164 e. The lowest BCUT2D eigenvalue weighted by atomic mass is 10.2. The molecule has 5 heteroatoms. The molecule has 0 bridgehead atoms. The highest BCUT2D eigenvalue weighted by Gasteiger charge is 1.96. The molecule has 0 aliphatic carbocycles. The van der Waals surface area contributed by atoms with Crippen LogP contribution in [0.25, 0.3) is 0 Å². The molecule has 2 rings (SSSR count). The molecule has 2 heterocycles.